The summed E-state index contributed by atoms with van der Waals surface area (Å²) < 4.78 is 15.4. The van der Waals surface area contributed by atoms with Gasteiger partial charge in [-0.15, -0.1) is 0 Å². The second-order valence-corrected chi connectivity index (χ2v) is 4.34. The standard InChI is InChI=1S/C14H22O5/c1-12-3-2-4-13(11-12)14(16)19-10-9-18-8-7-17-6-5-15/h2-4,12,15H,5-11H2,1H3. The Hall–Kier alpha value is -1.17. The van der Waals surface area contributed by atoms with Crippen LogP contribution in [0.2, 0.25) is 0 Å². The SMILES string of the molecule is CC1C=CC=C(C(=O)OCCOCCOCCO)C1. The third-order valence-corrected chi connectivity index (χ3v) is 2.61. The maximum Gasteiger partial charge on any atom is 0.334 e. The molecule has 0 aromatic rings. The molecule has 0 amide bonds. The van der Waals surface area contributed by atoms with Crippen molar-refractivity contribution in [2.24, 2.45) is 5.92 Å². The maximum atomic E-state index is 11.7. The second-order valence-electron chi connectivity index (χ2n) is 4.34. The zero-order valence-electron chi connectivity index (χ0n) is 11.3. The van der Waals surface area contributed by atoms with Crippen molar-refractivity contribution >= 4 is 5.97 Å². The smallest absolute Gasteiger partial charge is 0.334 e. The number of ether oxygens (including phenoxy) is 3. The van der Waals surface area contributed by atoms with Crippen molar-refractivity contribution in [2.45, 2.75) is 13.3 Å². The van der Waals surface area contributed by atoms with E-state index in [1.165, 1.54) is 0 Å². The van der Waals surface area contributed by atoms with Crippen LogP contribution in [-0.2, 0) is 19.0 Å². The Morgan fingerprint density at radius 3 is 2.63 bits per heavy atom. The fourth-order valence-corrected chi connectivity index (χ4v) is 1.67. The average molecular weight is 270 g/mol. The van der Waals surface area contributed by atoms with E-state index in [2.05, 4.69) is 13.0 Å². The van der Waals surface area contributed by atoms with Gasteiger partial charge in [0.05, 0.1) is 33.0 Å². The molecule has 0 radical (unpaired) electrons. The molecule has 0 bridgehead atoms. The molecule has 0 heterocycles. The lowest BCUT2D eigenvalue weighted by molar-refractivity contribution is -0.141. The molecule has 5 nitrogen and oxygen atoms in total. The molecule has 0 aliphatic heterocycles. The van der Waals surface area contributed by atoms with Crippen molar-refractivity contribution in [3.63, 3.8) is 0 Å². The molecule has 19 heavy (non-hydrogen) atoms. The van der Waals surface area contributed by atoms with Gasteiger partial charge in [0.15, 0.2) is 0 Å². The molecule has 1 atom stereocenters. The van der Waals surface area contributed by atoms with Gasteiger partial charge in [0.25, 0.3) is 0 Å². The fraction of sp³-hybridized carbons (Fsp3) is 0.643. The van der Waals surface area contributed by atoms with E-state index in [9.17, 15) is 4.79 Å². The Bertz CT molecular complexity index is 322. The largest absolute Gasteiger partial charge is 0.460 e. The van der Waals surface area contributed by atoms with Crippen molar-refractivity contribution < 1.29 is 24.1 Å². The van der Waals surface area contributed by atoms with Crippen LogP contribution in [0.4, 0.5) is 0 Å². The average Bonchev–Trinajstić information content (AvgIpc) is 2.41. The second kappa shape index (κ2) is 9.72. The van der Waals surface area contributed by atoms with Gasteiger partial charge in [-0.05, 0) is 12.3 Å². The lowest BCUT2D eigenvalue weighted by Gasteiger charge is -2.13. The van der Waals surface area contributed by atoms with Crippen molar-refractivity contribution in [1.29, 1.82) is 0 Å². The predicted octanol–water partition coefficient (Wildman–Crippen LogP) is 1.08. The summed E-state index contributed by atoms with van der Waals surface area (Å²) in [4.78, 5) is 11.7. The van der Waals surface area contributed by atoms with Crippen molar-refractivity contribution in [3.8, 4) is 0 Å². The number of hydrogen-bond acceptors (Lipinski definition) is 5. The highest BCUT2D eigenvalue weighted by Crippen LogP contribution is 2.18. The van der Waals surface area contributed by atoms with Gasteiger partial charge in [0, 0.05) is 5.57 Å². The third kappa shape index (κ3) is 7.10. The van der Waals surface area contributed by atoms with Gasteiger partial charge >= 0.3 is 5.97 Å². The summed E-state index contributed by atoms with van der Waals surface area (Å²) in [5, 5.41) is 8.48. The van der Waals surface area contributed by atoms with Gasteiger partial charge in [0.1, 0.15) is 6.61 Å². The number of allylic oxidation sites excluding steroid dienone is 3. The Morgan fingerprint density at radius 1 is 1.26 bits per heavy atom. The number of carbonyl (C=O) groups is 1. The molecule has 0 aromatic heterocycles. The van der Waals surface area contributed by atoms with Crippen molar-refractivity contribution in [1.82, 2.24) is 0 Å². The number of aliphatic hydroxyl groups excluding tert-OH is 1. The van der Waals surface area contributed by atoms with Crippen LogP contribution in [-0.4, -0.2) is 50.7 Å². The first kappa shape index (κ1) is 15.9. The van der Waals surface area contributed by atoms with Gasteiger partial charge in [-0.2, -0.15) is 0 Å². The number of esters is 1. The van der Waals surface area contributed by atoms with Gasteiger partial charge in [0.2, 0.25) is 0 Å². The van der Waals surface area contributed by atoms with Gasteiger partial charge in [-0.25, -0.2) is 4.79 Å². The summed E-state index contributed by atoms with van der Waals surface area (Å²) in [7, 11) is 0. The molecular weight excluding hydrogens is 248 g/mol. The number of rotatable bonds is 9. The monoisotopic (exact) mass is 270 g/mol. The Morgan fingerprint density at radius 2 is 1.95 bits per heavy atom. The van der Waals surface area contributed by atoms with Gasteiger partial charge < -0.3 is 19.3 Å². The molecule has 0 spiro atoms. The van der Waals surface area contributed by atoms with Crippen LogP contribution in [0, 0.1) is 5.92 Å². The van der Waals surface area contributed by atoms with E-state index in [1.54, 1.807) is 6.08 Å². The van der Waals surface area contributed by atoms with Crippen LogP contribution in [0.3, 0.4) is 0 Å². The molecule has 108 valence electrons. The molecule has 1 N–H and O–H groups in total. The van der Waals surface area contributed by atoms with E-state index in [0.29, 0.717) is 37.9 Å². The first-order valence-corrected chi connectivity index (χ1v) is 6.55. The summed E-state index contributed by atoms with van der Waals surface area (Å²) in [6.45, 7) is 3.85. The number of hydrogen-bond donors (Lipinski definition) is 1. The molecule has 1 rings (SSSR count). The minimum absolute atomic E-state index is 0.0135. The Labute approximate surface area is 113 Å². The first-order chi connectivity index (χ1) is 9.24. The molecular formula is C14H22O5. The molecule has 1 aliphatic rings. The fourth-order valence-electron chi connectivity index (χ4n) is 1.67. The van der Waals surface area contributed by atoms with Crippen LogP contribution >= 0.6 is 0 Å². The molecule has 0 saturated heterocycles. The van der Waals surface area contributed by atoms with E-state index >= 15 is 0 Å². The minimum atomic E-state index is -0.267. The number of aliphatic hydroxyl groups is 1. The molecule has 5 heteroatoms. The van der Waals surface area contributed by atoms with E-state index in [-0.39, 0.29) is 19.2 Å². The lowest BCUT2D eigenvalue weighted by Crippen LogP contribution is -2.16. The third-order valence-electron chi connectivity index (χ3n) is 2.61. The van der Waals surface area contributed by atoms with E-state index in [0.717, 1.165) is 6.42 Å². The normalized spacial score (nSPS) is 18.2. The molecule has 0 saturated carbocycles. The Balaban J connectivity index is 2.02. The summed E-state index contributed by atoms with van der Waals surface area (Å²) in [5.41, 5.74) is 0.710. The molecule has 1 aliphatic carbocycles. The van der Waals surface area contributed by atoms with Crippen LogP contribution in [0.5, 0.6) is 0 Å². The molecule has 0 fully saturated rings. The maximum absolute atomic E-state index is 11.7. The topological polar surface area (TPSA) is 65.0 Å². The Kier molecular flexibility index (Phi) is 8.13. The van der Waals surface area contributed by atoms with Crippen LogP contribution in [0.1, 0.15) is 13.3 Å². The van der Waals surface area contributed by atoms with Gasteiger partial charge in [-0.1, -0.05) is 25.2 Å². The summed E-state index contributed by atoms with van der Waals surface area (Å²) >= 11 is 0. The minimum Gasteiger partial charge on any atom is -0.460 e. The predicted molar refractivity (Wildman–Crippen MR) is 70.7 cm³/mol. The lowest BCUT2D eigenvalue weighted by atomic mass is 9.96. The molecule has 1 unspecified atom stereocenters. The molecule has 0 aromatic carbocycles. The van der Waals surface area contributed by atoms with Gasteiger partial charge in [-0.3, -0.25) is 0 Å². The zero-order valence-corrected chi connectivity index (χ0v) is 11.3. The number of carbonyl (C=O) groups excluding carboxylic acids is 1. The van der Waals surface area contributed by atoms with E-state index in [4.69, 9.17) is 19.3 Å². The van der Waals surface area contributed by atoms with Crippen LogP contribution in [0.25, 0.3) is 0 Å². The van der Waals surface area contributed by atoms with E-state index < -0.39 is 0 Å². The summed E-state index contributed by atoms with van der Waals surface area (Å²) in [5.74, 6) is 0.115. The van der Waals surface area contributed by atoms with Crippen molar-refractivity contribution in [3.05, 3.63) is 23.8 Å². The van der Waals surface area contributed by atoms with E-state index in [1.807, 2.05) is 6.08 Å². The summed E-state index contributed by atoms with van der Waals surface area (Å²) in [6.07, 6.45) is 6.48. The first-order valence-electron chi connectivity index (χ1n) is 6.55. The highest BCUT2D eigenvalue weighted by atomic mass is 16.6. The quantitative estimate of drug-likeness (QED) is 0.501. The highest BCUT2D eigenvalue weighted by molar-refractivity contribution is 5.89. The zero-order chi connectivity index (χ0) is 13.9. The summed E-state index contributed by atoms with van der Waals surface area (Å²) in [6, 6.07) is 0. The van der Waals surface area contributed by atoms with Crippen LogP contribution < -0.4 is 0 Å². The van der Waals surface area contributed by atoms with Crippen LogP contribution in [0.15, 0.2) is 23.8 Å². The van der Waals surface area contributed by atoms with Crippen molar-refractivity contribution in [2.75, 3.05) is 39.6 Å². The highest BCUT2D eigenvalue weighted by Gasteiger charge is 2.15.